The van der Waals surface area contributed by atoms with Crippen molar-refractivity contribution in [3.8, 4) is 5.69 Å². The number of nitrogens with one attached hydrogen (secondary N) is 1. The first-order chi connectivity index (χ1) is 14.3. The molecule has 1 N–H and O–H groups in total. The Morgan fingerprint density at radius 2 is 1.70 bits per heavy atom. The first kappa shape index (κ1) is 21.4. The fourth-order valence-electron chi connectivity index (χ4n) is 3.21. The minimum Gasteiger partial charge on any atom is -0.317 e. The summed E-state index contributed by atoms with van der Waals surface area (Å²) < 4.78 is 4.16. The van der Waals surface area contributed by atoms with Gasteiger partial charge in [-0.05, 0) is 96.1 Å². The average Bonchev–Trinajstić information content (AvgIpc) is 3.16. The lowest BCUT2D eigenvalue weighted by atomic mass is 10.2. The van der Waals surface area contributed by atoms with Crippen LogP contribution in [0.1, 0.15) is 17.0 Å². The SMILES string of the molecule is Cc1c(Br)c(/C=C2\SC(=Nc3ccc(Cl)cc3)NC2=O)c(C)n1-c1ccc(Br)cc1. The normalized spacial score (nSPS) is 16.5. The van der Waals surface area contributed by atoms with Crippen LogP contribution in [0.5, 0.6) is 0 Å². The molecule has 0 unspecified atom stereocenters. The van der Waals surface area contributed by atoms with Gasteiger partial charge in [-0.15, -0.1) is 0 Å². The first-order valence-corrected chi connectivity index (χ1v) is 11.8. The van der Waals surface area contributed by atoms with Crippen molar-refractivity contribution in [1.82, 2.24) is 9.88 Å². The maximum atomic E-state index is 12.5. The summed E-state index contributed by atoms with van der Waals surface area (Å²) in [6.45, 7) is 4.10. The van der Waals surface area contributed by atoms with Crippen molar-refractivity contribution in [2.45, 2.75) is 13.8 Å². The lowest BCUT2D eigenvalue weighted by molar-refractivity contribution is -0.115. The third-order valence-electron chi connectivity index (χ3n) is 4.68. The minimum absolute atomic E-state index is 0.159. The lowest BCUT2D eigenvalue weighted by Gasteiger charge is -2.09. The van der Waals surface area contributed by atoms with Gasteiger partial charge in [-0.3, -0.25) is 4.79 Å². The van der Waals surface area contributed by atoms with Crippen molar-refractivity contribution >= 4 is 78.1 Å². The van der Waals surface area contributed by atoms with E-state index in [4.69, 9.17) is 11.6 Å². The van der Waals surface area contributed by atoms with E-state index in [2.05, 4.69) is 65.8 Å². The highest BCUT2D eigenvalue weighted by Crippen LogP contribution is 2.35. The average molecular weight is 566 g/mol. The summed E-state index contributed by atoms with van der Waals surface area (Å²) in [7, 11) is 0. The Bertz CT molecular complexity index is 1200. The van der Waals surface area contributed by atoms with E-state index in [9.17, 15) is 4.79 Å². The van der Waals surface area contributed by atoms with Gasteiger partial charge < -0.3 is 9.88 Å². The van der Waals surface area contributed by atoms with Crippen LogP contribution in [0.2, 0.25) is 5.02 Å². The molecule has 2 aromatic carbocycles. The van der Waals surface area contributed by atoms with Crippen LogP contribution < -0.4 is 5.32 Å². The summed E-state index contributed by atoms with van der Waals surface area (Å²) >= 11 is 14.4. The van der Waals surface area contributed by atoms with Gasteiger partial charge in [0.15, 0.2) is 5.17 Å². The van der Waals surface area contributed by atoms with Crippen LogP contribution in [0.4, 0.5) is 5.69 Å². The standard InChI is InChI=1S/C22H16Br2ClN3OS/c1-12-18(20(24)13(2)28(12)17-9-3-14(23)4-10-17)11-19-21(29)27-22(30-19)26-16-7-5-15(25)6-8-16/h3-11H,1-2H3,(H,26,27,29)/b19-11-. The molecule has 1 aliphatic rings. The molecule has 8 heteroatoms. The predicted octanol–water partition coefficient (Wildman–Crippen LogP) is 7.16. The van der Waals surface area contributed by atoms with Crippen LogP contribution in [-0.2, 0) is 4.79 Å². The zero-order valence-electron chi connectivity index (χ0n) is 16.0. The molecule has 0 bridgehead atoms. The number of carbonyl (C=O) groups excluding carboxylic acids is 1. The fourth-order valence-corrected chi connectivity index (χ4v) is 5.01. The zero-order chi connectivity index (χ0) is 21.4. The largest absolute Gasteiger partial charge is 0.317 e. The number of amides is 1. The molecule has 2 heterocycles. The molecule has 0 saturated carbocycles. The van der Waals surface area contributed by atoms with E-state index < -0.39 is 0 Å². The van der Waals surface area contributed by atoms with Gasteiger partial charge in [0.25, 0.3) is 5.91 Å². The second-order valence-corrected chi connectivity index (χ2v) is 9.84. The zero-order valence-corrected chi connectivity index (χ0v) is 20.8. The van der Waals surface area contributed by atoms with Gasteiger partial charge in [0.05, 0.1) is 10.6 Å². The molecule has 3 aromatic rings. The van der Waals surface area contributed by atoms with E-state index in [-0.39, 0.29) is 5.91 Å². The second-order valence-electron chi connectivity index (χ2n) is 6.67. The van der Waals surface area contributed by atoms with Crippen LogP contribution >= 0.6 is 55.2 Å². The number of amidine groups is 1. The quantitative estimate of drug-likeness (QED) is 0.343. The Hall–Kier alpha value is -1.80. The number of halogens is 3. The molecule has 152 valence electrons. The van der Waals surface area contributed by atoms with Gasteiger partial charge in [0.2, 0.25) is 0 Å². The van der Waals surface area contributed by atoms with Gasteiger partial charge in [0.1, 0.15) is 0 Å². The molecule has 1 aliphatic heterocycles. The summed E-state index contributed by atoms with van der Waals surface area (Å²) in [4.78, 5) is 17.6. The third kappa shape index (κ3) is 4.30. The van der Waals surface area contributed by atoms with Crippen molar-refractivity contribution in [3.63, 3.8) is 0 Å². The molecule has 0 atom stereocenters. The van der Waals surface area contributed by atoms with Gasteiger partial charge in [-0.2, -0.15) is 0 Å². The predicted molar refractivity (Wildman–Crippen MR) is 133 cm³/mol. The third-order valence-corrected chi connectivity index (χ3v) is 7.37. The van der Waals surface area contributed by atoms with Crippen LogP contribution in [0.15, 0.2) is 67.4 Å². The number of hydrogen-bond donors (Lipinski definition) is 1. The Kier molecular flexibility index (Phi) is 6.25. The molecule has 0 aliphatic carbocycles. The number of aliphatic imine (C=N–C) groups is 1. The highest BCUT2D eigenvalue weighted by Gasteiger charge is 2.25. The molecule has 30 heavy (non-hydrogen) atoms. The smallest absolute Gasteiger partial charge is 0.264 e. The molecule has 4 nitrogen and oxygen atoms in total. The summed E-state index contributed by atoms with van der Waals surface area (Å²) in [5.41, 5.74) is 4.89. The van der Waals surface area contributed by atoms with Crippen molar-refractivity contribution in [2.75, 3.05) is 0 Å². The van der Waals surface area contributed by atoms with Crippen LogP contribution in [0.25, 0.3) is 11.8 Å². The highest BCUT2D eigenvalue weighted by molar-refractivity contribution is 9.10. The molecule has 0 radical (unpaired) electrons. The van der Waals surface area contributed by atoms with Crippen molar-refractivity contribution in [1.29, 1.82) is 0 Å². The number of rotatable bonds is 3. The lowest BCUT2D eigenvalue weighted by Crippen LogP contribution is -2.19. The number of hydrogen-bond acceptors (Lipinski definition) is 3. The van der Waals surface area contributed by atoms with Crippen LogP contribution in [0.3, 0.4) is 0 Å². The second kappa shape index (κ2) is 8.75. The van der Waals surface area contributed by atoms with Crippen molar-refractivity contribution in [3.05, 3.63) is 84.4 Å². The molecule has 1 saturated heterocycles. The summed E-state index contributed by atoms with van der Waals surface area (Å²) in [5, 5.41) is 4.03. The number of aromatic nitrogens is 1. The monoisotopic (exact) mass is 563 g/mol. The number of thioether (sulfide) groups is 1. The molecule has 0 spiro atoms. The van der Waals surface area contributed by atoms with E-state index in [0.717, 1.165) is 37.3 Å². The molecule has 1 amide bonds. The van der Waals surface area contributed by atoms with E-state index in [1.165, 1.54) is 11.8 Å². The fraction of sp³-hybridized carbons (Fsp3) is 0.0909. The molecule has 1 fully saturated rings. The van der Waals surface area contributed by atoms with Crippen molar-refractivity contribution < 1.29 is 4.79 Å². The number of benzene rings is 2. The van der Waals surface area contributed by atoms with E-state index >= 15 is 0 Å². The number of nitrogens with zero attached hydrogens (tertiary/aromatic N) is 2. The van der Waals surface area contributed by atoms with Gasteiger partial charge in [0, 0.05) is 36.6 Å². The molecular weight excluding hydrogens is 550 g/mol. The summed E-state index contributed by atoms with van der Waals surface area (Å²) in [5.74, 6) is -0.159. The Morgan fingerprint density at radius 1 is 1.03 bits per heavy atom. The van der Waals surface area contributed by atoms with E-state index in [1.54, 1.807) is 12.1 Å². The van der Waals surface area contributed by atoms with Gasteiger partial charge in [-0.25, -0.2) is 4.99 Å². The summed E-state index contributed by atoms with van der Waals surface area (Å²) in [6, 6.07) is 15.3. The summed E-state index contributed by atoms with van der Waals surface area (Å²) in [6.07, 6.45) is 1.91. The maximum absolute atomic E-state index is 12.5. The van der Waals surface area contributed by atoms with Crippen molar-refractivity contribution in [2.24, 2.45) is 4.99 Å². The molecular formula is C22H16Br2ClN3OS. The van der Waals surface area contributed by atoms with Gasteiger partial charge >= 0.3 is 0 Å². The van der Waals surface area contributed by atoms with E-state index in [1.807, 2.05) is 37.3 Å². The Morgan fingerprint density at radius 3 is 2.37 bits per heavy atom. The van der Waals surface area contributed by atoms with E-state index in [0.29, 0.717) is 15.1 Å². The number of carbonyl (C=O) groups is 1. The van der Waals surface area contributed by atoms with Crippen LogP contribution in [0, 0.1) is 13.8 Å². The Balaban J connectivity index is 1.68. The highest BCUT2D eigenvalue weighted by atomic mass is 79.9. The molecule has 4 rings (SSSR count). The molecule has 1 aromatic heterocycles. The minimum atomic E-state index is -0.159. The van der Waals surface area contributed by atoms with Gasteiger partial charge in [-0.1, -0.05) is 27.5 Å². The topological polar surface area (TPSA) is 46.4 Å². The first-order valence-electron chi connectivity index (χ1n) is 9.02. The van der Waals surface area contributed by atoms with Crippen LogP contribution in [-0.4, -0.2) is 15.6 Å². The Labute approximate surface area is 200 Å². The maximum Gasteiger partial charge on any atom is 0.264 e.